The molecule has 0 amide bonds. The van der Waals surface area contributed by atoms with Gasteiger partial charge < -0.3 is 5.32 Å². The zero-order valence-electron chi connectivity index (χ0n) is 11.9. The lowest BCUT2D eigenvalue weighted by Gasteiger charge is -2.25. The van der Waals surface area contributed by atoms with Crippen molar-refractivity contribution in [1.82, 2.24) is 5.32 Å². The number of hydrogen-bond acceptors (Lipinski definition) is 1. The molecule has 0 aromatic heterocycles. The van der Waals surface area contributed by atoms with Crippen molar-refractivity contribution in [3.8, 4) is 0 Å². The maximum Gasteiger partial charge on any atom is 0.0348 e. The Morgan fingerprint density at radius 3 is 2.67 bits per heavy atom. The maximum atomic E-state index is 3.78. The van der Waals surface area contributed by atoms with E-state index in [4.69, 9.17) is 0 Å². The quantitative estimate of drug-likeness (QED) is 0.779. The molecule has 1 atom stereocenters. The van der Waals surface area contributed by atoms with Crippen LogP contribution in [0.3, 0.4) is 0 Å². The van der Waals surface area contributed by atoms with Gasteiger partial charge in [0.2, 0.25) is 0 Å². The van der Waals surface area contributed by atoms with Gasteiger partial charge in [0.1, 0.15) is 0 Å². The lowest BCUT2D eigenvalue weighted by molar-refractivity contribution is 0.368. The molecule has 1 saturated carbocycles. The zero-order chi connectivity index (χ0) is 12.8. The van der Waals surface area contributed by atoms with Crippen LogP contribution in [0.15, 0.2) is 24.3 Å². The topological polar surface area (TPSA) is 12.0 Å². The van der Waals surface area contributed by atoms with Gasteiger partial charge in [-0.3, -0.25) is 0 Å². The summed E-state index contributed by atoms with van der Waals surface area (Å²) in [6.07, 6.45) is 8.00. The molecule has 0 aliphatic heterocycles. The van der Waals surface area contributed by atoms with Gasteiger partial charge in [-0.2, -0.15) is 0 Å². The van der Waals surface area contributed by atoms with Crippen molar-refractivity contribution in [2.45, 2.75) is 58.4 Å². The van der Waals surface area contributed by atoms with Crippen molar-refractivity contribution in [3.63, 3.8) is 0 Å². The van der Waals surface area contributed by atoms with E-state index in [1.165, 1.54) is 43.2 Å². The second-order valence-electron chi connectivity index (χ2n) is 5.57. The first-order valence-corrected chi connectivity index (χ1v) is 7.67. The fourth-order valence-electron chi connectivity index (χ4n) is 3.15. The molecule has 0 saturated heterocycles. The van der Waals surface area contributed by atoms with E-state index in [1.807, 2.05) is 0 Å². The van der Waals surface area contributed by atoms with Gasteiger partial charge in [-0.25, -0.2) is 0 Å². The van der Waals surface area contributed by atoms with E-state index >= 15 is 0 Å². The van der Waals surface area contributed by atoms with Crippen LogP contribution in [-0.2, 0) is 6.42 Å². The highest BCUT2D eigenvalue weighted by atomic mass is 14.9. The molecule has 1 heteroatoms. The lowest BCUT2D eigenvalue weighted by atomic mass is 9.90. The molecule has 1 unspecified atom stereocenters. The number of nitrogens with one attached hydrogen (secondary N) is 1. The third kappa shape index (κ3) is 3.35. The first kappa shape index (κ1) is 13.6. The normalized spacial score (nSPS) is 18.1. The molecule has 1 N–H and O–H groups in total. The molecule has 0 bridgehead atoms. The summed E-state index contributed by atoms with van der Waals surface area (Å²) in [5.74, 6) is 0.851. The summed E-state index contributed by atoms with van der Waals surface area (Å²) in [6.45, 7) is 5.63. The van der Waals surface area contributed by atoms with Crippen LogP contribution in [0.1, 0.15) is 63.1 Å². The Morgan fingerprint density at radius 2 is 2.00 bits per heavy atom. The van der Waals surface area contributed by atoms with Gasteiger partial charge in [0.25, 0.3) is 0 Å². The summed E-state index contributed by atoms with van der Waals surface area (Å²) in [5.41, 5.74) is 2.98. The van der Waals surface area contributed by atoms with Gasteiger partial charge in [0.15, 0.2) is 0 Å². The number of benzene rings is 1. The van der Waals surface area contributed by atoms with Crippen LogP contribution in [0.4, 0.5) is 0 Å². The Kier molecular flexibility index (Phi) is 5.25. The Morgan fingerprint density at radius 1 is 1.22 bits per heavy atom. The molecule has 1 nitrogen and oxygen atoms in total. The Balaban J connectivity index is 2.14. The number of rotatable bonds is 6. The highest BCUT2D eigenvalue weighted by Crippen LogP contribution is 2.35. The van der Waals surface area contributed by atoms with E-state index in [9.17, 15) is 0 Å². The SMILES string of the molecule is CCCNC(c1cccc(CC)c1)C1CCCC1. The van der Waals surface area contributed by atoms with E-state index in [0.29, 0.717) is 6.04 Å². The van der Waals surface area contributed by atoms with Gasteiger partial charge >= 0.3 is 0 Å². The molecule has 1 aromatic rings. The number of hydrogen-bond donors (Lipinski definition) is 1. The van der Waals surface area contributed by atoms with Crippen LogP contribution >= 0.6 is 0 Å². The summed E-state index contributed by atoms with van der Waals surface area (Å²) in [5, 5.41) is 3.78. The van der Waals surface area contributed by atoms with Gasteiger partial charge in [-0.05, 0) is 49.3 Å². The average Bonchev–Trinajstić information content (AvgIpc) is 2.93. The van der Waals surface area contributed by atoms with Gasteiger partial charge in [0.05, 0.1) is 0 Å². The molecule has 1 aliphatic carbocycles. The molecular weight excluding hydrogens is 218 g/mol. The van der Waals surface area contributed by atoms with E-state index in [1.54, 1.807) is 0 Å². The first-order valence-electron chi connectivity index (χ1n) is 7.67. The minimum Gasteiger partial charge on any atom is -0.310 e. The van der Waals surface area contributed by atoms with Gasteiger partial charge in [0, 0.05) is 6.04 Å². The second-order valence-corrected chi connectivity index (χ2v) is 5.57. The van der Waals surface area contributed by atoms with Gasteiger partial charge in [-0.1, -0.05) is 51.0 Å². The lowest BCUT2D eigenvalue weighted by Crippen LogP contribution is -2.27. The molecular formula is C17H27N. The van der Waals surface area contributed by atoms with Crippen LogP contribution in [0.2, 0.25) is 0 Å². The van der Waals surface area contributed by atoms with Crippen molar-refractivity contribution < 1.29 is 0 Å². The third-order valence-corrected chi connectivity index (χ3v) is 4.20. The smallest absolute Gasteiger partial charge is 0.0348 e. The van der Waals surface area contributed by atoms with Crippen LogP contribution < -0.4 is 5.32 Å². The Bertz CT molecular complexity index is 352. The largest absolute Gasteiger partial charge is 0.310 e. The van der Waals surface area contributed by atoms with Crippen molar-refractivity contribution in [2.24, 2.45) is 5.92 Å². The fourth-order valence-corrected chi connectivity index (χ4v) is 3.15. The standard InChI is InChI=1S/C17H27N/c1-3-12-18-17(15-9-5-6-10-15)16-11-7-8-14(4-2)13-16/h7-8,11,13,15,17-18H,3-6,9-10,12H2,1-2H3. The van der Waals surface area contributed by atoms with Crippen molar-refractivity contribution in [3.05, 3.63) is 35.4 Å². The molecule has 1 fully saturated rings. The van der Waals surface area contributed by atoms with Crippen LogP contribution in [0, 0.1) is 5.92 Å². The summed E-state index contributed by atoms with van der Waals surface area (Å²) < 4.78 is 0. The minimum absolute atomic E-state index is 0.582. The number of aryl methyl sites for hydroxylation is 1. The van der Waals surface area contributed by atoms with E-state index in [-0.39, 0.29) is 0 Å². The van der Waals surface area contributed by atoms with Crippen LogP contribution in [-0.4, -0.2) is 6.54 Å². The molecule has 2 rings (SSSR count). The monoisotopic (exact) mass is 245 g/mol. The molecule has 18 heavy (non-hydrogen) atoms. The van der Waals surface area contributed by atoms with E-state index in [0.717, 1.165) is 18.9 Å². The highest BCUT2D eigenvalue weighted by molar-refractivity contribution is 5.26. The second kappa shape index (κ2) is 6.94. The van der Waals surface area contributed by atoms with E-state index in [2.05, 4.69) is 43.4 Å². The molecule has 0 radical (unpaired) electrons. The molecule has 0 heterocycles. The molecule has 1 aromatic carbocycles. The van der Waals surface area contributed by atoms with E-state index < -0.39 is 0 Å². The summed E-state index contributed by atoms with van der Waals surface area (Å²) in [6, 6.07) is 9.77. The average molecular weight is 245 g/mol. The van der Waals surface area contributed by atoms with Crippen molar-refractivity contribution in [1.29, 1.82) is 0 Å². The Labute approximate surface area is 112 Å². The van der Waals surface area contributed by atoms with Crippen LogP contribution in [0.25, 0.3) is 0 Å². The molecule has 1 aliphatic rings. The van der Waals surface area contributed by atoms with Crippen molar-refractivity contribution >= 4 is 0 Å². The predicted molar refractivity (Wildman–Crippen MR) is 78.8 cm³/mol. The zero-order valence-corrected chi connectivity index (χ0v) is 11.9. The van der Waals surface area contributed by atoms with Gasteiger partial charge in [-0.15, -0.1) is 0 Å². The minimum atomic E-state index is 0.582. The maximum absolute atomic E-state index is 3.78. The van der Waals surface area contributed by atoms with Crippen molar-refractivity contribution in [2.75, 3.05) is 6.54 Å². The van der Waals surface area contributed by atoms with Crippen LogP contribution in [0.5, 0.6) is 0 Å². The Hall–Kier alpha value is -0.820. The molecule has 0 spiro atoms. The fraction of sp³-hybridized carbons (Fsp3) is 0.647. The first-order chi connectivity index (χ1) is 8.85. The summed E-state index contributed by atoms with van der Waals surface area (Å²) in [7, 11) is 0. The summed E-state index contributed by atoms with van der Waals surface area (Å²) >= 11 is 0. The third-order valence-electron chi connectivity index (χ3n) is 4.20. The summed E-state index contributed by atoms with van der Waals surface area (Å²) in [4.78, 5) is 0. The molecule has 100 valence electrons. The highest BCUT2D eigenvalue weighted by Gasteiger charge is 2.25. The predicted octanol–water partition coefficient (Wildman–Crippen LogP) is 4.48.